The minimum absolute atomic E-state index is 0.578. The van der Waals surface area contributed by atoms with Gasteiger partial charge < -0.3 is 15.5 Å². The zero-order valence-electron chi connectivity index (χ0n) is 12.0. The fourth-order valence-corrected chi connectivity index (χ4v) is 2.66. The van der Waals surface area contributed by atoms with Crippen LogP contribution in [0.2, 0.25) is 0 Å². The molecule has 108 valence electrons. The molecule has 0 saturated carbocycles. The van der Waals surface area contributed by atoms with Crippen LogP contribution in [0.4, 0.5) is 11.8 Å². The standard InChI is InChI=1S/C13H21N7/c1-3-14-13-17-11(10-8-16-19-12(10)18-13)15-7-9-5-4-6-20(9)2/h8-9H,3-7H2,1-2H3,(H3,14,15,16,17,18,19). The van der Waals surface area contributed by atoms with Gasteiger partial charge in [-0.2, -0.15) is 15.1 Å². The SMILES string of the molecule is CCNc1nc(NCC2CCCN2C)c2cn[nH]c2n1. The van der Waals surface area contributed by atoms with E-state index in [0.717, 1.165) is 29.9 Å². The van der Waals surface area contributed by atoms with Crippen LogP contribution in [0.3, 0.4) is 0 Å². The van der Waals surface area contributed by atoms with Crippen molar-refractivity contribution in [1.82, 2.24) is 25.1 Å². The molecule has 1 fully saturated rings. The first-order valence-corrected chi connectivity index (χ1v) is 7.17. The molecule has 7 nitrogen and oxygen atoms in total. The van der Waals surface area contributed by atoms with Crippen LogP contribution in [0.5, 0.6) is 0 Å². The van der Waals surface area contributed by atoms with Gasteiger partial charge in [-0.3, -0.25) is 5.10 Å². The predicted octanol–water partition coefficient (Wildman–Crippen LogP) is 1.29. The van der Waals surface area contributed by atoms with E-state index in [0.29, 0.717) is 12.0 Å². The predicted molar refractivity (Wildman–Crippen MR) is 80.0 cm³/mol. The van der Waals surface area contributed by atoms with Crippen LogP contribution in [-0.2, 0) is 0 Å². The Labute approximate surface area is 118 Å². The quantitative estimate of drug-likeness (QED) is 0.763. The number of hydrogen-bond donors (Lipinski definition) is 3. The molecule has 0 radical (unpaired) electrons. The summed E-state index contributed by atoms with van der Waals surface area (Å²) >= 11 is 0. The van der Waals surface area contributed by atoms with E-state index in [9.17, 15) is 0 Å². The van der Waals surface area contributed by atoms with E-state index in [2.05, 4.69) is 42.7 Å². The lowest BCUT2D eigenvalue weighted by Crippen LogP contribution is -2.31. The van der Waals surface area contributed by atoms with E-state index in [-0.39, 0.29) is 0 Å². The van der Waals surface area contributed by atoms with Gasteiger partial charge in [-0.25, -0.2) is 0 Å². The molecule has 0 aliphatic carbocycles. The number of rotatable bonds is 5. The Morgan fingerprint density at radius 2 is 2.30 bits per heavy atom. The number of H-pyrrole nitrogens is 1. The maximum atomic E-state index is 4.54. The number of likely N-dealkylation sites (N-methyl/N-ethyl adjacent to an activating group) is 1. The Kier molecular flexibility index (Phi) is 3.68. The van der Waals surface area contributed by atoms with Crippen molar-refractivity contribution in [3.63, 3.8) is 0 Å². The first-order valence-electron chi connectivity index (χ1n) is 7.17. The molecule has 1 unspecified atom stereocenters. The second-order valence-corrected chi connectivity index (χ2v) is 5.22. The molecule has 20 heavy (non-hydrogen) atoms. The molecule has 0 aromatic carbocycles. The van der Waals surface area contributed by atoms with E-state index in [1.807, 2.05) is 6.92 Å². The van der Waals surface area contributed by atoms with E-state index in [4.69, 9.17) is 0 Å². The molecular formula is C13H21N7. The van der Waals surface area contributed by atoms with E-state index in [1.165, 1.54) is 19.4 Å². The molecule has 1 aliphatic rings. The summed E-state index contributed by atoms with van der Waals surface area (Å²) in [6, 6.07) is 0.578. The van der Waals surface area contributed by atoms with Crippen LogP contribution in [0.15, 0.2) is 6.20 Å². The van der Waals surface area contributed by atoms with Crippen LogP contribution >= 0.6 is 0 Å². The van der Waals surface area contributed by atoms with Crippen molar-refractivity contribution in [2.75, 3.05) is 37.3 Å². The van der Waals surface area contributed by atoms with Crippen LogP contribution < -0.4 is 10.6 Å². The third-order valence-corrected chi connectivity index (χ3v) is 3.82. The molecule has 1 atom stereocenters. The summed E-state index contributed by atoms with van der Waals surface area (Å²) in [5.41, 5.74) is 0.762. The number of likely N-dealkylation sites (tertiary alicyclic amines) is 1. The van der Waals surface area contributed by atoms with Crippen molar-refractivity contribution in [2.24, 2.45) is 0 Å². The molecule has 7 heteroatoms. The van der Waals surface area contributed by atoms with Gasteiger partial charge in [0.15, 0.2) is 5.65 Å². The lowest BCUT2D eigenvalue weighted by atomic mass is 10.2. The van der Waals surface area contributed by atoms with Gasteiger partial charge in [0.25, 0.3) is 0 Å². The first-order chi connectivity index (χ1) is 9.78. The third kappa shape index (κ3) is 2.53. The Morgan fingerprint density at radius 1 is 1.40 bits per heavy atom. The van der Waals surface area contributed by atoms with Crippen LogP contribution in [0.1, 0.15) is 19.8 Å². The van der Waals surface area contributed by atoms with Gasteiger partial charge in [0, 0.05) is 19.1 Å². The fourth-order valence-electron chi connectivity index (χ4n) is 2.66. The van der Waals surface area contributed by atoms with E-state index >= 15 is 0 Å². The lowest BCUT2D eigenvalue weighted by molar-refractivity contribution is 0.322. The number of nitrogens with zero attached hydrogens (tertiary/aromatic N) is 4. The molecule has 1 saturated heterocycles. The Balaban J connectivity index is 1.80. The normalized spacial score (nSPS) is 19.6. The van der Waals surface area contributed by atoms with Gasteiger partial charge in [-0.05, 0) is 33.4 Å². The zero-order valence-corrected chi connectivity index (χ0v) is 12.0. The third-order valence-electron chi connectivity index (χ3n) is 3.82. The second kappa shape index (κ2) is 5.62. The van der Waals surface area contributed by atoms with Gasteiger partial charge in [0.2, 0.25) is 5.95 Å². The highest BCUT2D eigenvalue weighted by molar-refractivity contribution is 5.86. The largest absolute Gasteiger partial charge is 0.368 e. The summed E-state index contributed by atoms with van der Waals surface area (Å²) in [5.74, 6) is 1.48. The monoisotopic (exact) mass is 275 g/mol. The maximum absolute atomic E-state index is 4.54. The van der Waals surface area contributed by atoms with Crippen molar-refractivity contribution < 1.29 is 0 Å². The molecule has 3 N–H and O–H groups in total. The van der Waals surface area contributed by atoms with Gasteiger partial charge in [0.1, 0.15) is 5.82 Å². The first kappa shape index (κ1) is 13.1. The Morgan fingerprint density at radius 3 is 3.05 bits per heavy atom. The molecular weight excluding hydrogens is 254 g/mol. The van der Waals surface area contributed by atoms with Crippen LogP contribution in [0, 0.1) is 0 Å². The molecule has 3 heterocycles. The molecule has 1 aliphatic heterocycles. The molecule has 0 bridgehead atoms. The molecule has 0 amide bonds. The number of aromatic nitrogens is 4. The van der Waals surface area contributed by atoms with Crippen molar-refractivity contribution in [1.29, 1.82) is 0 Å². The van der Waals surface area contributed by atoms with Crippen molar-refractivity contribution in [3.05, 3.63) is 6.20 Å². The van der Waals surface area contributed by atoms with Crippen LogP contribution in [0.25, 0.3) is 11.0 Å². The highest BCUT2D eigenvalue weighted by Gasteiger charge is 2.21. The maximum Gasteiger partial charge on any atom is 0.226 e. The summed E-state index contributed by atoms with van der Waals surface area (Å²) in [6.07, 6.45) is 4.28. The highest BCUT2D eigenvalue weighted by Crippen LogP contribution is 2.21. The number of anilines is 2. The summed E-state index contributed by atoms with van der Waals surface area (Å²) in [4.78, 5) is 11.3. The summed E-state index contributed by atoms with van der Waals surface area (Å²) in [7, 11) is 2.18. The van der Waals surface area contributed by atoms with E-state index in [1.54, 1.807) is 6.20 Å². The molecule has 2 aromatic heterocycles. The number of fused-ring (bicyclic) bond motifs is 1. The highest BCUT2D eigenvalue weighted by atomic mass is 15.2. The molecule has 2 aromatic rings. The smallest absolute Gasteiger partial charge is 0.226 e. The van der Waals surface area contributed by atoms with Crippen LogP contribution in [-0.4, -0.2) is 57.8 Å². The average Bonchev–Trinajstić information content (AvgIpc) is 3.05. The summed E-state index contributed by atoms with van der Waals surface area (Å²) in [5, 5.41) is 14.5. The zero-order chi connectivity index (χ0) is 13.9. The Hall–Kier alpha value is -1.89. The summed E-state index contributed by atoms with van der Waals surface area (Å²) < 4.78 is 0. The minimum Gasteiger partial charge on any atom is -0.368 e. The van der Waals surface area contributed by atoms with Crippen molar-refractivity contribution >= 4 is 22.8 Å². The molecule has 0 spiro atoms. The number of hydrogen-bond acceptors (Lipinski definition) is 6. The topological polar surface area (TPSA) is 81.8 Å². The average molecular weight is 275 g/mol. The van der Waals surface area contributed by atoms with Gasteiger partial charge in [-0.15, -0.1) is 0 Å². The van der Waals surface area contributed by atoms with Gasteiger partial charge in [0.05, 0.1) is 11.6 Å². The number of aromatic amines is 1. The van der Waals surface area contributed by atoms with Crippen molar-refractivity contribution in [2.45, 2.75) is 25.8 Å². The van der Waals surface area contributed by atoms with Crippen molar-refractivity contribution in [3.8, 4) is 0 Å². The second-order valence-electron chi connectivity index (χ2n) is 5.22. The summed E-state index contributed by atoms with van der Waals surface area (Å²) in [6.45, 7) is 4.91. The van der Waals surface area contributed by atoms with Gasteiger partial charge >= 0.3 is 0 Å². The molecule has 3 rings (SSSR count). The van der Waals surface area contributed by atoms with E-state index < -0.39 is 0 Å². The fraction of sp³-hybridized carbons (Fsp3) is 0.615. The minimum atomic E-state index is 0.578. The lowest BCUT2D eigenvalue weighted by Gasteiger charge is -2.20. The van der Waals surface area contributed by atoms with Gasteiger partial charge in [-0.1, -0.05) is 0 Å². The Bertz CT molecular complexity index is 579. The number of nitrogens with one attached hydrogen (secondary N) is 3.